The lowest BCUT2D eigenvalue weighted by Gasteiger charge is -2.42. The Balaban J connectivity index is 1.45. The van der Waals surface area contributed by atoms with Gasteiger partial charge < -0.3 is 10.5 Å². The first-order valence-electron chi connectivity index (χ1n) is 10.9. The van der Waals surface area contributed by atoms with Gasteiger partial charge in [-0.15, -0.1) is 0 Å². The van der Waals surface area contributed by atoms with Crippen molar-refractivity contribution >= 4 is 11.9 Å². The Labute approximate surface area is 185 Å². The average molecular weight is 482 g/mol. The number of rotatable bonds is 5. The third-order valence-corrected chi connectivity index (χ3v) is 7.50. The third-order valence-electron chi connectivity index (χ3n) is 7.50. The Hall–Kier alpha value is -2.07. The highest BCUT2D eigenvalue weighted by molar-refractivity contribution is 5.85. The SMILES string of the molecule is N#C[C@@H]1C[C@@H]2C[C@@]2(OC(=O)C(F)(F)F)N1C(=O)C(N)C1CC2CCC(C1)N2CCC(F)(F)F. The van der Waals surface area contributed by atoms with Gasteiger partial charge in [-0.25, -0.2) is 4.79 Å². The van der Waals surface area contributed by atoms with Gasteiger partial charge in [0.2, 0.25) is 5.91 Å². The number of hydrogen-bond donors (Lipinski definition) is 1. The average Bonchev–Trinajstić information content (AvgIpc) is 3.22. The Morgan fingerprint density at radius 1 is 1.12 bits per heavy atom. The predicted octanol–water partition coefficient (Wildman–Crippen LogP) is 2.46. The van der Waals surface area contributed by atoms with E-state index in [1.165, 1.54) is 0 Å². The molecular formula is C20H24F6N4O3. The molecule has 1 aliphatic carbocycles. The van der Waals surface area contributed by atoms with E-state index in [4.69, 9.17) is 10.5 Å². The summed E-state index contributed by atoms with van der Waals surface area (Å²) >= 11 is 0. The zero-order chi connectivity index (χ0) is 24.3. The van der Waals surface area contributed by atoms with Crippen LogP contribution in [0.25, 0.3) is 0 Å². The maximum Gasteiger partial charge on any atom is 0.491 e. The van der Waals surface area contributed by atoms with Crippen LogP contribution in [0.5, 0.6) is 0 Å². The second kappa shape index (κ2) is 8.01. The molecule has 3 saturated heterocycles. The summed E-state index contributed by atoms with van der Waals surface area (Å²) in [6, 6.07) is -0.663. The van der Waals surface area contributed by atoms with Gasteiger partial charge in [-0.2, -0.15) is 31.6 Å². The van der Waals surface area contributed by atoms with Crippen LogP contribution >= 0.6 is 0 Å². The number of esters is 1. The molecule has 2 bridgehead atoms. The van der Waals surface area contributed by atoms with Crippen LogP contribution in [0.4, 0.5) is 26.3 Å². The standard InChI is InChI=1S/C20H24F6N4O3/c21-19(22,23)3-4-29-12-1-2-13(29)6-10(5-12)15(28)16(31)30-14(9-27)7-11-8-18(11,30)33-17(32)20(24,25)26/h10-15H,1-8,28H2/t10?,11-,12?,13?,14+,15?,18+/m1/s1. The highest BCUT2D eigenvalue weighted by Gasteiger charge is 2.72. The molecule has 0 aromatic heterocycles. The minimum absolute atomic E-state index is 0.00654. The largest absolute Gasteiger partial charge is 0.491 e. The molecule has 33 heavy (non-hydrogen) atoms. The lowest BCUT2D eigenvalue weighted by Crippen LogP contribution is -2.58. The van der Waals surface area contributed by atoms with Crippen molar-refractivity contribution in [3.8, 4) is 6.07 Å². The molecule has 1 amide bonds. The van der Waals surface area contributed by atoms with E-state index >= 15 is 0 Å². The summed E-state index contributed by atoms with van der Waals surface area (Å²) in [6.45, 7) is -0.129. The van der Waals surface area contributed by atoms with Gasteiger partial charge in [0.1, 0.15) is 6.04 Å². The Bertz CT molecular complexity index is 844. The quantitative estimate of drug-likeness (QED) is 0.478. The normalized spacial score (nSPS) is 36.8. The van der Waals surface area contributed by atoms with Gasteiger partial charge in [0.25, 0.3) is 0 Å². The summed E-state index contributed by atoms with van der Waals surface area (Å²) in [4.78, 5) is 27.5. The first-order valence-corrected chi connectivity index (χ1v) is 10.9. The van der Waals surface area contributed by atoms with Crippen molar-refractivity contribution in [2.24, 2.45) is 17.6 Å². The molecule has 184 valence electrons. The summed E-state index contributed by atoms with van der Waals surface area (Å²) in [5.74, 6) is -4.15. The van der Waals surface area contributed by atoms with Crippen LogP contribution in [0.1, 0.15) is 44.9 Å². The number of halogens is 6. The van der Waals surface area contributed by atoms with Crippen molar-refractivity contribution in [1.29, 1.82) is 5.26 Å². The summed E-state index contributed by atoms with van der Waals surface area (Å²) < 4.78 is 81.0. The fourth-order valence-corrected chi connectivity index (χ4v) is 5.93. The molecule has 0 radical (unpaired) electrons. The second-order valence-corrected chi connectivity index (χ2v) is 9.47. The molecule has 0 aromatic rings. The number of nitrogens with two attached hydrogens (primary N) is 1. The van der Waals surface area contributed by atoms with Crippen LogP contribution in [-0.2, 0) is 14.3 Å². The third kappa shape index (κ3) is 4.39. The zero-order valence-electron chi connectivity index (χ0n) is 17.5. The van der Waals surface area contributed by atoms with Crippen molar-refractivity contribution in [3.63, 3.8) is 0 Å². The summed E-state index contributed by atoms with van der Waals surface area (Å²) in [5, 5.41) is 9.43. The highest BCUT2D eigenvalue weighted by atomic mass is 19.4. The van der Waals surface area contributed by atoms with Crippen LogP contribution in [0.15, 0.2) is 0 Å². The molecule has 4 aliphatic rings. The molecule has 2 N–H and O–H groups in total. The maximum atomic E-state index is 13.3. The van der Waals surface area contributed by atoms with Crippen LogP contribution < -0.4 is 5.73 Å². The van der Waals surface area contributed by atoms with E-state index in [1.54, 1.807) is 4.90 Å². The Morgan fingerprint density at radius 2 is 1.73 bits per heavy atom. The van der Waals surface area contributed by atoms with Gasteiger partial charge in [0, 0.05) is 31.0 Å². The van der Waals surface area contributed by atoms with E-state index in [0.717, 1.165) is 4.90 Å². The minimum Gasteiger partial charge on any atom is -0.432 e. The van der Waals surface area contributed by atoms with Crippen LogP contribution in [-0.4, -0.2) is 70.5 Å². The number of fused-ring (bicyclic) bond motifs is 3. The van der Waals surface area contributed by atoms with Crippen LogP contribution in [0.3, 0.4) is 0 Å². The molecule has 13 heteroatoms. The molecule has 4 rings (SSSR count). The second-order valence-electron chi connectivity index (χ2n) is 9.47. The Morgan fingerprint density at radius 3 is 2.24 bits per heavy atom. The van der Waals surface area contributed by atoms with Crippen molar-refractivity contribution < 1.29 is 40.7 Å². The number of alkyl halides is 6. The van der Waals surface area contributed by atoms with Gasteiger partial charge in [0.05, 0.1) is 18.5 Å². The van der Waals surface area contributed by atoms with Crippen molar-refractivity contribution in [2.75, 3.05) is 6.54 Å². The number of carbonyl (C=O) groups is 2. The van der Waals surface area contributed by atoms with E-state index in [0.29, 0.717) is 25.7 Å². The van der Waals surface area contributed by atoms with Gasteiger partial charge in [-0.1, -0.05) is 0 Å². The molecular weight excluding hydrogens is 458 g/mol. The molecule has 0 aromatic carbocycles. The molecule has 0 spiro atoms. The van der Waals surface area contributed by atoms with E-state index in [-0.39, 0.29) is 31.5 Å². The summed E-state index contributed by atoms with van der Waals surface area (Å²) in [5.41, 5.74) is 4.41. The van der Waals surface area contributed by atoms with Crippen molar-refractivity contribution in [1.82, 2.24) is 9.80 Å². The number of ether oxygens (including phenoxy) is 1. The number of likely N-dealkylation sites (tertiary alicyclic amines) is 1. The lowest BCUT2D eigenvalue weighted by molar-refractivity contribution is -0.217. The first-order chi connectivity index (χ1) is 15.3. The van der Waals surface area contributed by atoms with E-state index in [1.807, 2.05) is 6.07 Å². The number of carbonyl (C=O) groups excluding carboxylic acids is 2. The molecule has 7 nitrogen and oxygen atoms in total. The number of amides is 1. The number of nitrogens with zero attached hydrogens (tertiary/aromatic N) is 3. The van der Waals surface area contributed by atoms with Gasteiger partial charge in [0.15, 0.2) is 5.72 Å². The molecule has 3 heterocycles. The number of nitriles is 1. The lowest BCUT2D eigenvalue weighted by atomic mass is 9.84. The monoisotopic (exact) mass is 482 g/mol. The zero-order valence-corrected chi connectivity index (χ0v) is 17.5. The number of piperidine rings is 2. The van der Waals surface area contributed by atoms with E-state index in [9.17, 15) is 41.2 Å². The van der Waals surface area contributed by atoms with E-state index < -0.39 is 60.3 Å². The molecule has 3 unspecified atom stereocenters. The highest BCUT2D eigenvalue weighted by Crippen LogP contribution is 2.59. The topological polar surface area (TPSA) is 99.7 Å². The first kappa shape index (κ1) is 24.1. The van der Waals surface area contributed by atoms with Gasteiger partial charge in [-0.3, -0.25) is 14.6 Å². The summed E-state index contributed by atoms with van der Waals surface area (Å²) in [6.07, 6.45) is -8.23. The molecule has 1 saturated carbocycles. The summed E-state index contributed by atoms with van der Waals surface area (Å²) in [7, 11) is 0. The minimum atomic E-state index is -5.24. The van der Waals surface area contributed by atoms with Crippen LogP contribution in [0, 0.1) is 23.2 Å². The maximum absolute atomic E-state index is 13.3. The molecule has 3 aliphatic heterocycles. The van der Waals surface area contributed by atoms with Gasteiger partial charge in [-0.05, 0) is 38.0 Å². The van der Waals surface area contributed by atoms with Crippen molar-refractivity contribution in [3.05, 3.63) is 0 Å². The smallest absolute Gasteiger partial charge is 0.432 e. The van der Waals surface area contributed by atoms with Gasteiger partial charge >= 0.3 is 18.3 Å². The number of hydrogen-bond acceptors (Lipinski definition) is 6. The fraction of sp³-hybridized carbons (Fsp3) is 0.850. The predicted molar refractivity (Wildman–Crippen MR) is 98.7 cm³/mol. The molecule has 4 fully saturated rings. The molecule has 6 atom stereocenters. The van der Waals surface area contributed by atoms with Crippen molar-refractivity contribution in [2.45, 2.75) is 87.2 Å². The van der Waals surface area contributed by atoms with Crippen LogP contribution in [0.2, 0.25) is 0 Å². The van der Waals surface area contributed by atoms with E-state index in [2.05, 4.69) is 0 Å². The fourth-order valence-electron chi connectivity index (χ4n) is 5.93. The Kier molecular flexibility index (Phi) is 5.84.